The molecule has 0 bridgehead atoms. The second-order valence-corrected chi connectivity index (χ2v) is 2.74. The largest absolute Gasteiger partial charge is 0.251 e. The van der Waals surface area contributed by atoms with E-state index >= 15 is 0 Å². The second kappa shape index (κ2) is 6.38. The lowest BCUT2D eigenvalue weighted by atomic mass is 10.1. The first-order valence-corrected chi connectivity index (χ1v) is 4.23. The van der Waals surface area contributed by atoms with Crippen molar-refractivity contribution in [1.29, 1.82) is 0 Å². The van der Waals surface area contributed by atoms with Crippen LogP contribution in [0, 0.1) is 0 Å². The predicted octanol–water partition coefficient (Wildman–Crippen LogP) is 3.00. The lowest BCUT2D eigenvalue weighted by molar-refractivity contribution is -0.268. The van der Waals surface area contributed by atoms with Crippen molar-refractivity contribution in [2.24, 2.45) is 0 Å². The quantitative estimate of drug-likeness (QED) is 0.378. The summed E-state index contributed by atoms with van der Waals surface area (Å²) < 4.78 is 0. The fourth-order valence-electron chi connectivity index (χ4n) is 0.983. The first-order chi connectivity index (χ1) is 5.26. The van der Waals surface area contributed by atoms with Gasteiger partial charge in [0.25, 0.3) is 0 Å². The molecule has 0 aromatic rings. The van der Waals surface area contributed by atoms with E-state index in [2.05, 4.69) is 17.9 Å². The third-order valence-electron chi connectivity index (χ3n) is 1.76. The van der Waals surface area contributed by atoms with Gasteiger partial charge in [0.05, 0.1) is 0 Å². The van der Waals surface area contributed by atoms with Gasteiger partial charge in [0.15, 0.2) is 0 Å². The molecular weight excluding hydrogens is 140 g/mol. The van der Waals surface area contributed by atoms with E-state index in [1.54, 1.807) is 0 Å². The topological polar surface area (TPSA) is 29.5 Å². The summed E-state index contributed by atoms with van der Waals surface area (Å²) in [7, 11) is 0. The Morgan fingerprint density at radius 3 is 2.55 bits per heavy atom. The number of hydrogen-bond donors (Lipinski definition) is 1. The molecular formula is C9H18O2. The lowest BCUT2D eigenvalue weighted by Gasteiger charge is -2.10. The highest BCUT2D eigenvalue weighted by Gasteiger charge is 2.06. The molecule has 0 amide bonds. The van der Waals surface area contributed by atoms with Crippen LogP contribution in [-0.2, 0) is 4.89 Å². The number of hydrogen-bond acceptors (Lipinski definition) is 2. The smallest absolute Gasteiger partial charge is 0.113 e. The Labute approximate surface area is 68.8 Å². The standard InChI is InChI=1S/C9H18O2/c1-4-6-7-8(3)9(5-2)11-10/h7,9-10H,4-6H2,1-3H3/b8-7+. The van der Waals surface area contributed by atoms with Crippen molar-refractivity contribution >= 4 is 0 Å². The molecule has 11 heavy (non-hydrogen) atoms. The molecule has 0 fully saturated rings. The van der Waals surface area contributed by atoms with Crippen LogP contribution in [0.3, 0.4) is 0 Å². The molecule has 0 aliphatic rings. The molecule has 2 heteroatoms. The van der Waals surface area contributed by atoms with Gasteiger partial charge in [-0.3, -0.25) is 5.26 Å². The fourth-order valence-corrected chi connectivity index (χ4v) is 0.983. The minimum Gasteiger partial charge on any atom is -0.251 e. The second-order valence-electron chi connectivity index (χ2n) is 2.74. The van der Waals surface area contributed by atoms with Crippen LogP contribution in [0.1, 0.15) is 40.0 Å². The molecule has 0 heterocycles. The first kappa shape index (κ1) is 10.7. The van der Waals surface area contributed by atoms with E-state index < -0.39 is 0 Å². The molecule has 2 nitrogen and oxygen atoms in total. The van der Waals surface area contributed by atoms with Crippen LogP contribution in [-0.4, -0.2) is 11.4 Å². The van der Waals surface area contributed by atoms with Crippen molar-refractivity contribution in [2.75, 3.05) is 0 Å². The molecule has 1 atom stereocenters. The van der Waals surface area contributed by atoms with Crippen molar-refractivity contribution < 1.29 is 10.1 Å². The van der Waals surface area contributed by atoms with Gasteiger partial charge < -0.3 is 0 Å². The minimum atomic E-state index is -0.110. The van der Waals surface area contributed by atoms with Crippen LogP contribution in [0.4, 0.5) is 0 Å². The van der Waals surface area contributed by atoms with E-state index in [4.69, 9.17) is 5.26 Å². The predicted molar refractivity (Wildman–Crippen MR) is 46.5 cm³/mol. The number of rotatable bonds is 5. The highest BCUT2D eigenvalue weighted by atomic mass is 17.1. The molecule has 1 unspecified atom stereocenters. The summed E-state index contributed by atoms with van der Waals surface area (Å²) in [6.45, 7) is 6.11. The van der Waals surface area contributed by atoms with E-state index in [9.17, 15) is 0 Å². The average Bonchev–Trinajstić information content (AvgIpc) is 2.03. The van der Waals surface area contributed by atoms with Gasteiger partial charge in [0.2, 0.25) is 0 Å². The third kappa shape index (κ3) is 4.17. The van der Waals surface area contributed by atoms with Gasteiger partial charge in [-0.25, -0.2) is 4.89 Å². The SMILES string of the molecule is CCC/C=C(\C)C(CC)OO. The van der Waals surface area contributed by atoms with E-state index in [0.717, 1.165) is 24.8 Å². The lowest BCUT2D eigenvalue weighted by Crippen LogP contribution is -2.10. The van der Waals surface area contributed by atoms with E-state index in [1.165, 1.54) is 0 Å². The Morgan fingerprint density at radius 2 is 2.18 bits per heavy atom. The summed E-state index contributed by atoms with van der Waals surface area (Å²) in [6, 6.07) is 0. The Morgan fingerprint density at radius 1 is 1.55 bits per heavy atom. The minimum absolute atomic E-state index is 0.110. The van der Waals surface area contributed by atoms with Crippen LogP contribution in [0.5, 0.6) is 0 Å². The van der Waals surface area contributed by atoms with Gasteiger partial charge >= 0.3 is 0 Å². The molecule has 0 saturated heterocycles. The highest BCUT2D eigenvalue weighted by Crippen LogP contribution is 2.10. The van der Waals surface area contributed by atoms with Gasteiger partial charge in [-0.15, -0.1) is 0 Å². The van der Waals surface area contributed by atoms with Crippen LogP contribution in [0.15, 0.2) is 11.6 Å². The molecule has 0 spiro atoms. The first-order valence-electron chi connectivity index (χ1n) is 4.23. The van der Waals surface area contributed by atoms with Crippen molar-refractivity contribution in [3.8, 4) is 0 Å². The Bertz CT molecular complexity index is 115. The van der Waals surface area contributed by atoms with E-state index in [-0.39, 0.29) is 6.10 Å². The van der Waals surface area contributed by atoms with Crippen molar-refractivity contribution in [1.82, 2.24) is 0 Å². The Balaban J connectivity index is 3.85. The summed E-state index contributed by atoms with van der Waals surface area (Å²) >= 11 is 0. The maximum Gasteiger partial charge on any atom is 0.113 e. The number of allylic oxidation sites excluding steroid dienone is 1. The van der Waals surface area contributed by atoms with Gasteiger partial charge in [-0.05, 0) is 25.3 Å². The van der Waals surface area contributed by atoms with Gasteiger partial charge in [0, 0.05) is 0 Å². The van der Waals surface area contributed by atoms with Gasteiger partial charge in [0.1, 0.15) is 6.10 Å². The summed E-state index contributed by atoms with van der Waals surface area (Å²) in [5, 5.41) is 8.45. The maximum absolute atomic E-state index is 8.45. The summed E-state index contributed by atoms with van der Waals surface area (Å²) in [6.07, 6.45) is 5.03. The van der Waals surface area contributed by atoms with E-state index in [1.807, 2.05) is 13.8 Å². The van der Waals surface area contributed by atoms with Gasteiger partial charge in [-0.2, -0.15) is 0 Å². The zero-order chi connectivity index (χ0) is 8.69. The summed E-state index contributed by atoms with van der Waals surface area (Å²) in [5.41, 5.74) is 1.12. The zero-order valence-corrected chi connectivity index (χ0v) is 7.63. The molecule has 0 rings (SSSR count). The molecule has 0 aromatic heterocycles. The third-order valence-corrected chi connectivity index (χ3v) is 1.76. The van der Waals surface area contributed by atoms with Crippen molar-refractivity contribution in [3.63, 3.8) is 0 Å². The Kier molecular flexibility index (Phi) is 6.18. The summed E-state index contributed by atoms with van der Waals surface area (Å²) in [4.78, 5) is 4.29. The normalized spacial score (nSPS) is 15.1. The molecule has 0 aromatic carbocycles. The number of unbranched alkanes of at least 4 members (excludes halogenated alkanes) is 1. The molecule has 0 aliphatic carbocycles. The van der Waals surface area contributed by atoms with E-state index in [0.29, 0.717) is 0 Å². The van der Waals surface area contributed by atoms with Gasteiger partial charge in [-0.1, -0.05) is 26.3 Å². The zero-order valence-electron chi connectivity index (χ0n) is 7.63. The van der Waals surface area contributed by atoms with Crippen molar-refractivity contribution in [3.05, 3.63) is 11.6 Å². The van der Waals surface area contributed by atoms with Crippen LogP contribution < -0.4 is 0 Å². The molecule has 66 valence electrons. The fraction of sp³-hybridized carbons (Fsp3) is 0.778. The average molecular weight is 158 g/mol. The van der Waals surface area contributed by atoms with Crippen LogP contribution in [0.25, 0.3) is 0 Å². The highest BCUT2D eigenvalue weighted by molar-refractivity contribution is 5.04. The molecule has 0 radical (unpaired) electrons. The van der Waals surface area contributed by atoms with Crippen LogP contribution in [0.2, 0.25) is 0 Å². The van der Waals surface area contributed by atoms with Crippen LogP contribution >= 0.6 is 0 Å². The maximum atomic E-state index is 8.45. The van der Waals surface area contributed by atoms with Crippen molar-refractivity contribution in [2.45, 2.75) is 46.1 Å². The molecule has 0 saturated carbocycles. The Hall–Kier alpha value is -0.340. The summed E-state index contributed by atoms with van der Waals surface area (Å²) in [5.74, 6) is 0. The monoisotopic (exact) mass is 158 g/mol. The molecule has 1 N–H and O–H groups in total. The molecule has 0 aliphatic heterocycles.